The second-order valence-corrected chi connectivity index (χ2v) is 7.43. The number of nitrogens with one attached hydrogen (secondary N) is 3. The van der Waals surface area contributed by atoms with Gasteiger partial charge < -0.3 is 20.7 Å². The molecule has 1 aliphatic heterocycles. The highest BCUT2D eigenvalue weighted by molar-refractivity contribution is 5.74. The van der Waals surface area contributed by atoms with Crippen LogP contribution < -0.4 is 16.0 Å². The van der Waals surface area contributed by atoms with Gasteiger partial charge in [-0.15, -0.1) is 0 Å². The Hall–Kier alpha value is -2.08. The predicted octanol–water partition coefficient (Wildman–Crippen LogP) is 3.14. The van der Waals surface area contributed by atoms with Crippen LogP contribution in [0.15, 0.2) is 34.3 Å². The van der Waals surface area contributed by atoms with Crippen LogP contribution in [0.3, 0.4) is 0 Å². The Balaban J connectivity index is 1.49. The maximum atomic E-state index is 5.46. The summed E-state index contributed by atoms with van der Waals surface area (Å²) in [6, 6.07) is 9.24. The van der Waals surface area contributed by atoms with Gasteiger partial charge >= 0.3 is 0 Å². The number of rotatable bonds is 9. The number of benzene rings is 1. The summed E-state index contributed by atoms with van der Waals surface area (Å²) in [5, 5.41) is 10.2. The van der Waals surface area contributed by atoms with Crippen LogP contribution in [0.1, 0.15) is 32.1 Å². The molecule has 26 heavy (non-hydrogen) atoms. The third kappa shape index (κ3) is 5.46. The minimum atomic E-state index is 0.0777. The molecule has 6 heteroatoms. The highest BCUT2D eigenvalue weighted by atomic mass is 16.5. The molecule has 3 rings (SSSR count). The maximum Gasteiger partial charge on any atom is 0.0875 e. The minimum absolute atomic E-state index is 0.0777. The summed E-state index contributed by atoms with van der Waals surface area (Å²) in [5.41, 5.74) is 2.44. The average Bonchev–Trinajstić information content (AvgIpc) is 2.64. The number of nitrogens with zero attached hydrogens (tertiary/aromatic N) is 2. The van der Waals surface area contributed by atoms with Gasteiger partial charge in [-0.05, 0) is 31.0 Å². The molecule has 0 unspecified atom stereocenters. The largest absolute Gasteiger partial charge is 0.384 e. The van der Waals surface area contributed by atoms with Gasteiger partial charge in [-0.1, -0.05) is 25.3 Å². The van der Waals surface area contributed by atoms with Gasteiger partial charge in [0.15, 0.2) is 0 Å². The molecule has 3 N–H and O–H groups in total. The lowest BCUT2D eigenvalue weighted by molar-refractivity contribution is -0.0976. The fourth-order valence-corrected chi connectivity index (χ4v) is 3.53. The van der Waals surface area contributed by atoms with E-state index in [1.54, 1.807) is 19.7 Å². The first-order valence-electron chi connectivity index (χ1n) is 9.63. The molecule has 1 saturated heterocycles. The molecule has 0 bridgehead atoms. The van der Waals surface area contributed by atoms with Crippen molar-refractivity contribution in [3.63, 3.8) is 0 Å². The van der Waals surface area contributed by atoms with E-state index in [2.05, 4.69) is 50.2 Å². The Bertz CT molecular complexity index is 606. The van der Waals surface area contributed by atoms with Crippen LogP contribution in [0.4, 0.5) is 11.4 Å². The topological polar surface area (TPSA) is 70.0 Å². The monoisotopic (exact) mass is 357 g/mol. The zero-order valence-corrected chi connectivity index (χ0v) is 15.7. The van der Waals surface area contributed by atoms with Gasteiger partial charge in [-0.3, -0.25) is 9.98 Å². The van der Waals surface area contributed by atoms with Gasteiger partial charge in [0.05, 0.1) is 37.9 Å². The summed E-state index contributed by atoms with van der Waals surface area (Å²) < 4.78 is 5.46. The van der Waals surface area contributed by atoms with Crippen molar-refractivity contribution in [2.45, 2.75) is 38.1 Å². The molecule has 142 valence electrons. The summed E-state index contributed by atoms with van der Waals surface area (Å²) in [6.07, 6.45) is 9.96. The fraction of sp³-hybridized carbons (Fsp3) is 0.600. The van der Waals surface area contributed by atoms with Crippen LogP contribution in [-0.2, 0) is 4.74 Å². The van der Waals surface area contributed by atoms with Gasteiger partial charge in [0.2, 0.25) is 0 Å². The quantitative estimate of drug-likeness (QED) is 0.469. The SMILES string of the molecule is CN=CNC=NCC1(CNc2cccc(NC3CCCCC3)c2)COC1. The van der Waals surface area contributed by atoms with Crippen molar-refractivity contribution in [2.75, 3.05) is 44.0 Å². The summed E-state index contributed by atoms with van der Waals surface area (Å²) in [7, 11) is 1.73. The average molecular weight is 358 g/mol. The van der Waals surface area contributed by atoms with Crippen molar-refractivity contribution in [1.29, 1.82) is 0 Å². The zero-order chi connectivity index (χ0) is 18.1. The van der Waals surface area contributed by atoms with Crippen LogP contribution in [-0.4, -0.2) is 52.1 Å². The first kappa shape index (κ1) is 18.7. The van der Waals surface area contributed by atoms with Crippen molar-refractivity contribution in [2.24, 2.45) is 15.4 Å². The number of aliphatic imine (C=N–C) groups is 2. The molecule has 0 spiro atoms. The fourth-order valence-electron chi connectivity index (χ4n) is 3.53. The Morgan fingerprint density at radius 2 is 1.96 bits per heavy atom. The number of hydrogen-bond donors (Lipinski definition) is 3. The van der Waals surface area contributed by atoms with Crippen molar-refractivity contribution in [1.82, 2.24) is 5.32 Å². The van der Waals surface area contributed by atoms with E-state index >= 15 is 0 Å². The maximum absolute atomic E-state index is 5.46. The minimum Gasteiger partial charge on any atom is -0.384 e. The first-order valence-corrected chi connectivity index (χ1v) is 9.63. The third-order valence-corrected chi connectivity index (χ3v) is 5.12. The summed E-state index contributed by atoms with van der Waals surface area (Å²) in [5.74, 6) is 0. The lowest BCUT2D eigenvalue weighted by atomic mass is 9.86. The highest BCUT2D eigenvalue weighted by Crippen LogP contribution is 2.29. The molecule has 1 aromatic carbocycles. The predicted molar refractivity (Wildman–Crippen MR) is 110 cm³/mol. The molecule has 0 aromatic heterocycles. The Labute approximate surface area is 156 Å². The zero-order valence-electron chi connectivity index (χ0n) is 15.7. The number of anilines is 2. The van der Waals surface area contributed by atoms with E-state index in [1.807, 2.05) is 0 Å². The van der Waals surface area contributed by atoms with E-state index < -0.39 is 0 Å². The van der Waals surface area contributed by atoms with E-state index in [-0.39, 0.29) is 5.41 Å². The smallest absolute Gasteiger partial charge is 0.0875 e. The molecule has 0 atom stereocenters. The highest BCUT2D eigenvalue weighted by Gasteiger charge is 2.38. The van der Waals surface area contributed by atoms with E-state index in [0.29, 0.717) is 6.04 Å². The Morgan fingerprint density at radius 1 is 1.15 bits per heavy atom. The summed E-state index contributed by atoms with van der Waals surface area (Å²) in [4.78, 5) is 8.31. The molecular weight excluding hydrogens is 326 g/mol. The lowest BCUT2D eigenvalue weighted by Gasteiger charge is -2.40. The molecule has 2 fully saturated rings. The first-order chi connectivity index (χ1) is 12.8. The standard InChI is InChI=1S/C20H31N5O/c1-21-15-23-16-22-11-20(13-26-14-20)12-24-18-8-5-9-19(10-18)25-17-6-3-2-4-7-17/h5,8-10,15-17,24-25H,2-4,6-7,11-14H2,1H3,(H,21,22,23). The Morgan fingerprint density at radius 3 is 2.69 bits per heavy atom. The molecule has 1 heterocycles. The van der Waals surface area contributed by atoms with E-state index in [0.717, 1.165) is 32.0 Å². The van der Waals surface area contributed by atoms with E-state index in [9.17, 15) is 0 Å². The van der Waals surface area contributed by atoms with Gasteiger partial charge in [0, 0.05) is 31.0 Å². The van der Waals surface area contributed by atoms with Crippen LogP contribution >= 0.6 is 0 Å². The number of hydrogen-bond acceptors (Lipinski definition) is 5. The molecule has 0 radical (unpaired) electrons. The molecule has 1 saturated carbocycles. The lowest BCUT2D eigenvalue weighted by Crippen LogP contribution is -2.50. The van der Waals surface area contributed by atoms with Crippen LogP contribution in [0, 0.1) is 5.41 Å². The van der Waals surface area contributed by atoms with Gasteiger partial charge in [0.25, 0.3) is 0 Å². The van der Waals surface area contributed by atoms with Crippen molar-refractivity contribution >= 4 is 24.1 Å². The van der Waals surface area contributed by atoms with E-state index in [4.69, 9.17) is 4.74 Å². The molecule has 0 amide bonds. The second-order valence-electron chi connectivity index (χ2n) is 7.43. The Kier molecular flexibility index (Phi) is 6.89. The molecule has 2 aliphatic rings. The van der Waals surface area contributed by atoms with Crippen LogP contribution in [0.2, 0.25) is 0 Å². The van der Waals surface area contributed by atoms with Crippen molar-refractivity contribution in [3.05, 3.63) is 24.3 Å². The number of ether oxygens (including phenoxy) is 1. The molecule has 6 nitrogen and oxygen atoms in total. The normalized spacial score (nSPS) is 20.2. The molecule has 1 aliphatic carbocycles. The van der Waals surface area contributed by atoms with Crippen molar-refractivity contribution < 1.29 is 4.74 Å². The van der Waals surface area contributed by atoms with Gasteiger partial charge in [-0.2, -0.15) is 0 Å². The molecular formula is C20H31N5O. The van der Waals surface area contributed by atoms with E-state index in [1.165, 1.54) is 37.8 Å². The van der Waals surface area contributed by atoms with Gasteiger partial charge in [-0.25, -0.2) is 0 Å². The summed E-state index contributed by atoms with van der Waals surface area (Å²) >= 11 is 0. The third-order valence-electron chi connectivity index (χ3n) is 5.12. The van der Waals surface area contributed by atoms with Gasteiger partial charge in [0.1, 0.15) is 0 Å². The molecule has 1 aromatic rings. The van der Waals surface area contributed by atoms with Crippen LogP contribution in [0.25, 0.3) is 0 Å². The summed E-state index contributed by atoms with van der Waals surface area (Å²) in [6.45, 7) is 3.10. The second kappa shape index (κ2) is 9.57. The van der Waals surface area contributed by atoms with Crippen molar-refractivity contribution in [3.8, 4) is 0 Å². The van der Waals surface area contributed by atoms with Crippen LogP contribution in [0.5, 0.6) is 0 Å².